The number of hydrogen-bond acceptors (Lipinski definition) is 2. The van der Waals surface area contributed by atoms with E-state index < -0.39 is 0 Å². The molecule has 0 rings (SSSR count). The number of rotatable bonds is 10. The Kier molecular flexibility index (Phi) is 10.9. The zero-order valence-electron chi connectivity index (χ0n) is 10.3. The molecule has 0 aliphatic heterocycles. The second-order valence-corrected chi connectivity index (χ2v) is 4.12. The van der Waals surface area contributed by atoms with Crippen LogP contribution in [0.3, 0.4) is 0 Å². The van der Waals surface area contributed by atoms with Crippen LogP contribution in [0, 0.1) is 0 Å². The predicted octanol–water partition coefficient (Wildman–Crippen LogP) is 3.19. The second-order valence-electron chi connectivity index (χ2n) is 4.12. The van der Waals surface area contributed by atoms with Crippen LogP contribution in [0.1, 0.15) is 58.3 Å². The molecule has 0 amide bonds. The van der Waals surface area contributed by atoms with Crippen molar-refractivity contribution >= 4 is 0 Å². The predicted molar refractivity (Wildman–Crippen MR) is 64.3 cm³/mol. The van der Waals surface area contributed by atoms with Crippen LogP contribution in [0.15, 0.2) is 0 Å². The average Bonchev–Trinajstić information content (AvgIpc) is 2.21. The number of unbranched alkanes of at least 4 members (excludes halogenated alkanes) is 7. The largest absolute Gasteiger partial charge is 0.259 e. The molecule has 2 nitrogen and oxygen atoms in total. The maximum atomic E-state index is 3.12. The van der Waals surface area contributed by atoms with E-state index in [1.165, 1.54) is 57.9 Å². The van der Waals surface area contributed by atoms with Crippen molar-refractivity contribution in [3.8, 4) is 0 Å². The van der Waals surface area contributed by atoms with Gasteiger partial charge in [-0.05, 0) is 13.5 Å². The van der Waals surface area contributed by atoms with Gasteiger partial charge in [0.05, 0.1) is 0 Å². The third kappa shape index (κ3) is 10.0. The summed E-state index contributed by atoms with van der Waals surface area (Å²) in [6.45, 7) is 3.44. The molecule has 0 aromatic heterocycles. The number of hydrazine groups is 1. The highest BCUT2D eigenvalue weighted by molar-refractivity contribution is 4.48. The molecule has 0 atom stereocenters. The van der Waals surface area contributed by atoms with Crippen LogP contribution in [0.25, 0.3) is 0 Å². The van der Waals surface area contributed by atoms with Crippen molar-refractivity contribution in [2.75, 3.05) is 20.6 Å². The molecule has 0 aliphatic rings. The van der Waals surface area contributed by atoms with Crippen LogP contribution in [-0.4, -0.2) is 25.6 Å². The fraction of sp³-hybridized carbons (Fsp3) is 1.00. The first-order chi connectivity index (χ1) is 6.81. The molecular formula is C12H28N2. The first-order valence-electron chi connectivity index (χ1n) is 6.19. The van der Waals surface area contributed by atoms with Gasteiger partial charge >= 0.3 is 0 Å². The van der Waals surface area contributed by atoms with E-state index in [0.717, 1.165) is 0 Å². The molecule has 0 radical (unpaired) electrons. The van der Waals surface area contributed by atoms with Gasteiger partial charge in [0.1, 0.15) is 0 Å². The summed E-state index contributed by atoms with van der Waals surface area (Å²) in [6, 6.07) is 0. The van der Waals surface area contributed by atoms with Gasteiger partial charge in [-0.2, -0.15) is 0 Å². The SMILES string of the molecule is CCCCCCCCCCN(C)NC. The Morgan fingerprint density at radius 3 is 1.86 bits per heavy atom. The van der Waals surface area contributed by atoms with Crippen molar-refractivity contribution in [2.24, 2.45) is 0 Å². The molecule has 0 fully saturated rings. The van der Waals surface area contributed by atoms with Gasteiger partial charge in [-0.1, -0.05) is 51.9 Å². The summed E-state index contributed by atoms with van der Waals surface area (Å²) >= 11 is 0. The average molecular weight is 200 g/mol. The van der Waals surface area contributed by atoms with E-state index in [-0.39, 0.29) is 0 Å². The van der Waals surface area contributed by atoms with Crippen LogP contribution in [0.4, 0.5) is 0 Å². The molecule has 14 heavy (non-hydrogen) atoms. The van der Waals surface area contributed by atoms with Crippen molar-refractivity contribution in [3.05, 3.63) is 0 Å². The van der Waals surface area contributed by atoms with Crippen molar-refractivity contribution in [2.45, 2.75) is 58.3 Å². The second kappa shape index (κ2) is 11.0. The van der Waals surface area contributed by atoms with Gasteiger partial charge in [-0.25, -0.2) is 5.01 Å². The van der Waals surface area contributed by atoms with Crippen molar-refractivity contribution < 1.29 is 0 Å². The van der Waals surface area contributed by atoms with E-state index >= 15 is 0 Å². The van der Waals surface area contributed by atoms with Gasteiger partial charge in [0.25, 0.3) is 0 Å². The maximum absolute atomic E-state index is 3.12. The van der Waals surface area contributed by atoms with Crippen LogP contribution in [0.5, 0.6) is 0 Å². The topological polar surface area (TPSA) is 15.3 Å². The zero-order valence-corrected chi connectivity index (χ0v) is 10.3. The van der Waals surface area contributed by atoms with Gasteiger partial charge in [-0.3, -0.25) is 5.43 Å². The third-order valence-corrected chi connectivity index (χ3v) is 2.73. The first kappa shape index (κ1) is 13.9. The summed E-state index contributed by atoms with van der Waals surface area (Å²) in [5.74, 6) is 0. The van der Waals surface area contributed by atoms with Gasteiger partial charge in [0.15, 0.2) is 0 Å². The standard InChI is InChI=1S/C12H28N2/c1-4-5-6-7-8-9-10-11-12-14(3)13-2/h13H,4-12H2,1-3H3. The lowest BCUT2D eigenvalue weighted by atomic mass is 10.1. The number of nitrogens with zero attached hydrogens (tertiary/aromatic N) is 1. The maximum Gasteiger partial charge on any atom is 0.0127 e. The number of nitrogens with one attached hydrogen (secondary N) is 1. The molecule has 0 saturated carbocycles. The summed E-state index contributed by atoms with van der Waals surface area (Å²) < 4.78 is 0. The normalized spacial score (nSPS) is 11.1. The lowest BCUT2D eigenvalue weighted by Gasteiger charge is -2.13. The van der Waals surface area contributed by atoms with Crippen LogP contribution in [0.2, 0.25) is 0 Å². The molecule has 2 heteroatoms. The minimum absolute atomic E-state index is 1.17. The summed E-state index contributed by atoms with van der Waals surface area (Å²) in [6.07, 6.45) is 11.2. The van der Waals surface area contributed by atoms with Crippen molar-refractivity contribution in [1.82, 2.24) is 10.4 Å². The molecule has 0 bridgehead atoms. The molecule has 1 N–H and O–H groups in total. The molecule has 0 aromatic carbocycles. The highest BCUT2D eigenvalue weighted by Gasteiger charge is 1.94. The van der Waals surface area contributed by atoms with Gasteiger partial charge < -0.3 is 0 Å². The fourth-order valence-electron chi connectivity index (χ4n) is 1.59. The molecular weight excluding hydrogens is 172 g/mol. The third-order valence-electron chi connectivity index (χ3n) is 2.73. The molecule has 0 spiro atoms. The molecule has 0 aliphatic carbocycles. The molecule has 0 aromatic rings. The Hall–Kier alpha value is -0.0800. The van der Waals surface area contributed by atoms with E-state index in [1.54, 1.807) is 0 Å². The summed E-state index contributed by atoms with van der Waals surface area (Å²) in [4.78, 5) is 0. The molecule has 0 unspecified atom stereocenters. The van der Waals surface area contributed by atoms with Gasteiger partial charge in [0.2, 0.25) is 0 Å². The van der Waals surface area contributed by atoms with Crippen LogP contribution in [-0.2, 0) is 0 Å². The van der Waals surface area contributed by atoms with Crippen molar-refractivity contribution in [1.29, 1.82) is 0 Å². The minimum atomic E-state index is 1.17. The Bertz CT molecular complexity index is 104. The highest BCUT2D eigenvalue weighted by Crippen LogP contribution is 2.08. The Balaban J connectivity index is 2.92. The van der Waals surface area contributed by atoms with Crippen LogP contribution >= 0.6 is 0 Å². The first-order valence-corrected chi connectivity index (χ1v) is 6.19. The van der Waals surface area contributed by atoms with E-state index in [2.05, 4.69) is 24.4 Å². The van der Waals surface area contributed by atoms with E-state index in [4.69, 9.17) is 0 Å². The lowest BCUT2D eigenvalue weighted by molar-refractivity contribution is 0.254. The van der Waals surface area contributed by atoms with Gasteiger partial charge in [-0.15, -0.1) is 0 Å². The van der Waals surface area contributed by atoms with Crippen molar-refractivity contribution in [3.63, 3.8) is 0 Å². The number of hydrogen-bond donors (Lipinski definition) is 1. The lowest BCUT2D eigenvalue weighted by Crippen LogP contribution is -2.31. The fourth-order valence-corrected chi connectivity index (χ4v) is 1.59. The minimum Gasteiger partial charge on any atom is -0.259 e. The Morgan fingerprint density at radius 1 is 0.857 bits per heavy atom. The molecule has 0 heterocycles. The van der Waals surface area contributed by atoms with Gasteiger partial charge in [0, 0.05) is 13.6 Å². The monoisotopic (exact) mass is 200 g/mol. The smallest absolute Gasteiger partial charge is 0.0127 e. The van der Waals surface area contributed by atoms with E-state index in [0.29, 0.717) is 0 Å². The van der Waals surface area contributed by atoms with E-state index in [9.17, 15) is 0 Å². The zero-order chi connectivity index (χ0) is 10.6. The Labute approximate surface area is 90.0 Å². The summed E-state index contributed by atoms with van der Waals surface area (Å²) in [5, 5.41) is 2.15. The molecule has 86 valence electrons. The summed E-state index contributed by atoms with van der Waals surface area (Å²) in [5.41, 5.74) is 3.12. The molecule has 0 saturated heterocycles. The van der Waals surface area contributed by atoms with E-state index in [1.807, 2.05) is 7.05 Å². The Morgan fingerprint density at radius 2 is 1.36 bits per heavy atom. The summed E-state index contributed by atoms with van der Waals surface area (Å²) in [7, 11) is 4.08. The quantitative estimate of drug-likeness (QED) is 0.430. The van der Waals surface area contributed by atoms with Crippen LogP contribution < -0.4 is 5.43 Å². The highest BCUT2D eigenvalue weighted by atomic mass is 15.5.